The second kappa shape index (κ2) is 4.61. The summed E-state index contributed by atoms with van der Waals surface area (Å²) in [4.78, 5) is 22.7. The van der Waals surface area contributed by atoms with Gasteiger partial charge < -0.3 is 15.8 Å². The predicted molar refractivity (Wildman–Crippen MR) is 57.5 cm³/mol. The van der Waals surface area contributed by atoms with Crippen LogP contribution in [0.1, 0.15) is 34.6 Å². The van der Waals surface area contributed by atoms with Gasteiger partial charge in [0.25, 0.3) is 0 Å². The molecule has 0 atom stereocenters. The van der Waals surface area contributed by atoms with Crippen molar-refractivity contribution in [2.24, 2.45) is 5.73 Å². The van der Waals surface area contributed by atoms with Gasteiger partial charge in [-0.1, -0.05) is 0 Å². The van der Waals surface area contributed by atoms with Crippen LogP contribution in [0.2, 0.25) is 0 Å². The molecule has 0 bridgehead atoms. The number of carbonyl (C=O) groups excluding carboxylic acids is 2. The lowest BCUT2D eigenvalue weighted by atomic mass is 10.00. The van der Waals surface area contributed by atoms with Crippen molar-refractivity contribution in [3.63, 3.8) is 0 Å². The first kappa shape index (κ1) is 13.9. The molecule has 0 rings (SSSR count). The maximum absolute atomic E-state index is 11.4. The fourth-order valence-corrected chi connectivity index (χ4v) is 0.884. The molecule has 0 aliphatic heterocycles. The van der Waals surface area contributed by atoms with Crippen molar-refractivity contribution in [3.05, 3.63) is 0 Å². The molecular weight excluding hydrogens is 196 g/mol. The van der Waals surface area contributed by atoms with E-state index in [1.807, 2.05) is 0 Å². The van der Waals surface area contributed by atoms with E-state index in [-0.39, 0.29) is 12.3 Å². The van der Waals surface area contributed by atoms with Gasteiger partial charge in [0.1, 0.15) is 5.60 Å². The third kappa shape index (κ3) is 5.37. The summed E-state index contributed by atoms with van der Waals surface area (Å²) in [7, 11) is 0. The van der Waals surface area contributed by atoms with E-state index in [2.05, 4.69) is 5.32 Å². The average molecular weight is 216 g/mol. The number of nitrogens with one attached hydrogen (secondary N) is 1. The molecule has 0 aromatic rings. The maximum Gasteiger partial charge on any atom is 0.408 e. The van der Waals surface area contributed by atoms with Crippen LogP contribution in [0.5, 0.6) is 0 Å². The van der Waals surface area contributed by atoms with E-state index < -0.39 is 17.2 Å². The van der Waals surface area contributed by atoms with Gasteiger partial charge in [-0.05, 0) is 34.6 Å². The van der Waals surface area contributed by atoms with Gasteiger partial charge >= 0.3 is 6.09 Å². The molecule has 0 aromatic heterocycles. The average Bonchev–Trinajstić information content (AvgIpc) is 1.97. The molecular formula is C10H20N2O3. The largest absolute Gasteiger partial charge is 0.444 e. The smallest absolute Gasteiger partial charge is 0.408 e. The zero-order valence-electron chi connectivity index (χ0n) is 10.0. The van der Waals surface area contributed by atoms with Crippen LogP contribution in [0.3, 0.4) is 0 Å². The van der Waals surface area contributed by atoms with Crippen LogP contribution in [-0.2, 0) is 9.53 Å². The summed E-state index contributed by atoms with van der Waals surface area (Å²) < 4.78 is 5.03. The molecule has 88 valence electrons. The zero-order valence-corrected chi connectivity index (χ0v) is 10.0. The fraction of sp³-hybridized carbons (Fsp3) is 0.800. The lowest BCUT2D eigenvalue weighted by Gasteiger charge is -2.27. The Morgan fingerprint density at radius 1 is 1.20 bits per heavy atom. The second-order valence-electron chi connectivity index (χ2n) is 4.88. The summed E-state index contributed by atoms with van der Waals surface area (Å²) in [5.74, 6) is -0.242. The van der Waals surface area contributed by atoms with Gasteiger partial charge in [0, 0.05) is 0 Å². The first-order valence-corrected chi connectivity index (χ1v) is 4.83. The summed E-state index contributed by atoms with van der Waals surface area (Å²) in [6.07, 6.45) is -0.616. The van der Waals surface area contributed by atoms with Gasteiger partial charge in [-0.25, -0.2) is 4.79 Å². The number of ketones is 1. The van der Waals surface area contributed by atoms with Crippen LogP contribution in [0.25, 0.3) is 0 Å². The minimum absolute atomic E-state index is 0.108. The summed E-state index contributed by atoms with van der Waals surface area (Å²) in [6, 6.07) is 0. The van der Waals surface area contributed by atoms with E-state index in [0.29, 0.717) is 0 Å². The van der Waals surface area contributed by atoms with Gasteiger partial charge in [0.2, 0.25) is 0 Å². The van der Waals surface area contributed by atoms with Gasteiger partial charge in [-0.2, -0.15) is 0 Å². The van der Waals surface area contributed by atoms with Crippen LogP contribution >= 0.6 is 0 Å². The normalized spacial score (nSPS) is 12.1. The molecule has 3 N–H and O–H groups in total. The second-order valence-corrected chi connectivity index (χ2v) is 4.88. The highest BCUT2D eigenvalue weighted by Gasteiger charge is 2.30. The van der Waals surface area contributed by atoms with Crippen molar-refractivity contribution < 1.29 is 14.3 Å². The standard InChI is InChI=1S/C10H20N2O3/c1-9(2,3)15-8(14)12-10(4,5)7(13)6-11/h6,11H2,1-5H3,(H,12,14). The Bertz CT molecular complexity index is 254. The number of ether oxygens (including phenoxy) is 1. The quantitative estimate of drug-likeness (QED) is 0.731. The molecule has 0 unspecified atom stereocenters. The topological polar surface area (TPSA) is 81.4 Å². The number of amides is 1. The summed E-state index contributed by atoms with van der Waals surface area (Å²) in [5, 5.41) is 2.47. The first-order valence-electron chi connectivity index (χ1n) is 4.83. The number of hydrogen-bond donors (Lipinski definition) is 2. The van der Waals surface area contributed by atoms with Gasteiger partial charge in [0.15, 0.2) is 5.78 Å². The fourth-order valence-electron chi connectivity index (χ4n) is 0.884. The zero-order chi connectivity index (χ0) is 12.3. The van der Waals surface area contributed by atoms with Gasteiger partial charge in [-0.15, -0.1) is 0 Å². The van der Waals surface area contributed by atoms with Crippen molar-refractivity contribution in [2.75, 3.05) is 6.54 Å². The number of Topliss-reactive ketones (excluding diaryl/α,β-unsaturated/α-hetero) is 1. The third-order valence-corrected chi connectivity index (χ3v) is 1.70. The van der Waals surface area contributed by atoms with E-state index in [0.717, 1.165) is 0 Å². The van der Waals surface area contributed by atoms with Crippen molar-refractivity contribution in [3.8, 4) is 0 Å². The highest BCUT2D eigenvalue weighted by Crippen LogP contribution is 2.09. The molecule has 0 spiro atoms. The molecule has 0 saturated heterocycles. The van der Waals surface area contributed by atoms with Crippen molar-refractivity contribution in [1.82, 2.24) is 5.32 Å². The molecule has 0 aliphatic carbocycles. The summed E-state index contributed by atoms with van der Waals surface area (Å²) in [5.41, 5.74) is 3.65. The summed E-state index contributed by atoms with van der Waals surface area (Å²) in [6.45, 7) is 8.33. The van der Waals surface area contributed by atoms with Crippen molar-refractivity contribution in [2.45, 2.75) is 45.8 Å². The van der Waals surface area contributed by atoms with E-state index in [1.54, 1.807) is 34.6 Å². The lowest BCUT2D eigenvalue weighted by molar-refractivity contribution is -0.122. The van der Waals surface area contributed by atoms with Crippen molar-refractivity contribution >= 4 is 11.9 Å². The first-order chi connectivity index (χ1) is 6.58. The number of rotatable bonds is 3. The number of alkyl carbamates (subject to hydrolysis) is 1. The monoisotopic (exact) mass is 216 g/mol. The molecule has 0 aromatic carbocycles. The Morgan fingerprint density at radius 2 is 1.67 bits per heavy atom. The highest BCUT2D eigenvalue weighted by molar-refractivity contribution is 5.92. The van der Waals surface area contributed by atoms with E-state index >= 15 is 0 Å². The number of carbonyl (C=O) groups is 2. The Hall–Kier alpha value is -1.10. The third-order valence-electron chi connectivity index (χ3n) is 1.70. The number of hydrogen-bond acceptors (Lipinski definition) is 4. The van der Waals surface area contributed by atoms with Crippen LogP contribution < -0.4 is 11.1 Å². The molecule has 0 aliphatic rings. The van der Waals surface area contributed by atoms with E-state index in [9.17, 15) is 9.59 Å². The van der Waals surface area contributed by atoms with Gasteiger partial charge in [-0.3, -0.25) is 4.79 Å². The van der Waals surface area contributed by atoms with E-state index in [4.69, 9.17) is 10.5 Å². The van der Waals surface area contributed by atoms with E-state index in [1.165, 1.54) is 0 Å². The molecule has 5 heteroatoms. The maximum atomic E-state index is 11.4. The molecule has 0 radical (unpaired) electrons. The Balaban J connectivity index is 4.35. The van der Waals surface area contributed by atoms with Crippen LogP contribution in [0, 0.1) is 0 Å². The lowest BCUT2D eigenvalue weighted by Crippen LogP contribution is -2.53. The highest BCUT2D eigenvalue weighted by atomic mass is 16.6. The Morgan fingerprint density at radius 3 is 2.00 bits per heavy atom. The molecule has 0 saturated carbocycles. The number of nitrogens with two attached hydrogens (primary N) is 1. The Labute approximate surface area is 90.4 Å². The molecule has 5 nitrogen and oxygen atoms in total. The molecule has 15 heavy (non-hydrogen) atoms. The SMILES string of the molecule is CC(C)(C)OC(=O)NC(C)(C)C(=O)CN. The molecule has 0 fully saturated rings. The molecule has 0 heterocycles. The van der Waals surface area contributed by atoms with Crippen LogP contribution in [-0.4, -0.2) is 29.6 Å². The minimum Gasteiger partial charge on any atom is -0.444 e. The minimum atomic E-state index is -0.989. The van der Waals surface area contributed by atoms with Crippen LogP contribution in [0.4, 0.5) is 4.79 Å². The Kier molecular flexibility index (Phi) is 4.27. The van der Waals surface area contributed by atoms with Crippen LogP contribution in [0.15, 0.2) is 0 Å². The predicted octanol–water partition coefficient (Wildman–Crippen LogP) is 0.817. The molecule has 1 amide bonds. The van der Waals surface area contributed by atoms with Gasteiger partial charge in [0.05, 0.1) is 12.1 Å². The summed E-state index contributed by atoms with van der Waals surface area (Å²) >= 11 is 0. The van der Waals surface area contributed by atoms with Crippen molar-refractivity contribution in [1.29, 1.82) is 0 Å².